The Labute approximate surface area is 78.1 Å². The van der Waals surface area contributed by atoms with Crippen molar-refractivity contribution < 1.29 is 0 Å². The fourth-order valence-corrected chi connectivity index (χ4v) is 1.89. The molecule has 2 atom stereocenters. The first-order valence-corrected chi connectivity index (χ1v) is 4.35. The van der Waals surface area contributed by atoms with Gasteiger partial charge < -0.3 is 5.32 Å². The van der Waals surface area contributed by atoms with E-state index < -0.39 is 0 Å². The van der Waals surface area contributed by atoms with Gasteiger partial charge in [-0.1, -0.05) is 6.08 Å². The minimum absolute atomic E-state index is 0.0851. The van der Waals surface area contributed by atoms with Crippen LogP contribution < -0.4 is 5.32 Å². The van der Waals surface area contributed by atoms with Crippen LogP contribution in [0.4, 0.5) is 0 Å². The smallest absolute Gasteiger partial charge is 0.121 e. The fourth-order valence-electron chi connectivity index (χ4n) is 1.89. The molecular weight excluding hydrogens is 164 g/mol. The molecule has 4 heteroatoms. The number of fused-ring (bicyclic) bond motifs is 1. The molecule has 0 bridgehead atoms. The molecule has 4 nitrogen and oxygen atoms in total. The van der Waals surface area contributed by atoms with Crippen LogP contribution in [0.5, 0.6) is 0 Å². The summed E-state index contributed by atoms with van der Waals surface area (Å²) in [4.78, 5) is 10.7. The summed E-state index contributed by atoms with van der Waals surface area (Å²) in [5.41, 5.74) is -0.0851. The molecule has 0 aliphatic carbocycles. The fraction of sp³-hybridized carbons (Fsp3) is 0.556. The van der Waals surface area contributed by atoms with Crippen molar-refractivity contribution in [1.82, 2.24) is 10.2 Å². The van der Waals surface area contributed by atoms with Gasteiger partial charge in [0.05, 0.1) is 5.41 Å². The van der Waals surface area contributed by atoms with Crippen molar-refractivity contribution in [1.29, 1.82) is 0 Å². The highest BCUT2D eigenvalue weighted by molar-refractivity contribution is 5.99. The molecule has 2 aliphatic heterocycles. The van der Waals surface area contributed by atoms with E-state index in [-0.39, 0.29) is 11.6 Å². The maximum absolute atomic E-state index is 4.37. The first-order chi connectivity index (χ1) is 6.14. The van der Waals surface area contributed by atoms with E-state index in [1.165, 1.54) is 0 Å². The van der Waals surface area contributed by atoms with Crippen LogP contribution in [0.25, 0.3) is 0 Å². The Bertz CT molecular complexity index is 303. The Morgan fingerprint density at radius 3 is 3.00 bits per heavy atom. The molecule has 70 valence electrons. The third-order valence-electron chi connectivity index (χ3n) is 2.58. The van der Waals surface area contributed by atoms with Gasteiger partial charge in [-0.05, 0) is 27.2 Å². The van der Waals surface area contributed by atoms with Crippen molar-refractivity contribution in [3.63, 3.8) is 0 Å². The lowest BCUT2D eigenvalue weighted by molar-refractivity contribution is 0.221. The topological polar surface area (TPSA) is 40.0 Å². The van der Waals surface area contributed by atoms with E-state index in [0.29, 0.717) is 0 Å². The van der Waals surface area contributed by atoms with Crippen LogP contribution in [0.15, 0.2) is 22.3 Å². The number of aliphatic imine (C=N–C) groups is 2. The zero-order valence-corrected chi connectivity index (χ0v) is 8.15. The number of hydrogen-bond donors (Lipinski definition) is 1. The molecule has 2 unspecified atom stereocenters. The third kappa shape index (κ3) is 1.09. The van der Waals surface area contributed by atoms with Gasteiger partial charge in [-0.3, -0.25) is 9.89 Å². The molecule has 13 heavy (non-hydrogen) atoms. The van der Waals surface area contributed by atoms with Crippen molar-refractivity contribution in [3.8, 4) is 0 Å². The number of amidine groups is 1. The highest BCUT2D eigenvalue weighted by Crippen LogP contribution is 2.33. The third-order valence-corrected chi connectivity index (χ3v) is 2.58. The van der Waals surface area contributed by atoms with Gasteiger partial charge in [0.15, 0.2) is 0 Å². The molecule has 0 saturated carbocycles. The van der Waals surface area contributed by atoms with Gasteiger partial charge >= 0.3 is 0 Å². The highest BCUT2D eigenvalue weighted by atomic mass is 15.3. The van der Waals surface area contributed by atoms with Gasteiger partial charge in [-0.15, -0.1) is 0 Å². The summed E-state index contributed by atoms with van der Waals surface area (Å²) in [5.74, 6) is 0.987. The van der Waals surface area contributed by atoms with Crippen LogP contribution in [-0.2, 0) is 0 Å². The second kappa shape index (κ2) is 2.67. The summed E-state index contributed by atoms with van der Waals surface area (Å²) in [7, 11) is 4.06. The molecule has 0 aromatic heterocycles. The van der Waals surface area contributed by atoms with Gasteiger partial charge in [0.1, 0.15) is 18.3 Å². The van der Waals surface area contributed by atoms with Gasteiger partial charge in [0.25, 0.3) is 0 Å². The first kappa shape index (κ1) is 8.44. The van der Waals surface area contributed by atoms with Crippen LogP contribution in [0.3, 0.4) is 0 Å². The molecule has 0 radical (unpaired) electrons. The Morgan fingerprint density at radius 1 is 1.54 bits per heavy atom. The van der Waals surface area contributed by atoms with Crippen LogP contribution >= 0.6 is 0 Å². The Morgan fingerprint density at radius 2 is 2.31 bits per heavy atom. The number of nitrogens with zero attached hydrogens (tertiary/aromatic N) is 3. The van der Waals surface area contributed by atoms with Crippen molar-refractivity contribution in [2.75, 3.05) is 14.1 Å². The summed E-state index contributed by atoms with van der Waals surface area (Å²) >= 11 is 0. The molecule has 1 N–H and O–H groups in total. The number of rotatable bonds is 1. The number of nitrogens with one attached hydrogen (secondary N) is 1. The normalized spacial score (nSPS) is 36.0. The average Bonchev–Trinajstić information content (AvgIpc) is 2.44. The van der Waals surface area contributed by atoms with Gasteiger partial charge in [-0.2, -0.15) is 0 Å². The van der Waals surface area contributed by atoms with Gasteiger partial charge in [-0.25, -0.2) is 4.99 Å². The summed E-state index contributed by atoms with van der Waals surface area (Å²) in [5, 5.41) is 3.14. The minimum Gasteiger partial charge on any atom is -0.350 e. The summed E-state index contributed by atoms with van der Waals surface area (Å²) in [6.45, 7) is 2.14. The summed E-state index contributed by atoms with van der Waals surface area (Å²) < 4.78 is 0. The van der Waals surface area contributed by atoms with Crippen LogP contribution in [0.1, 0.15) is 6.92 Å². The average molecular weight is 178 g/mol. The Hall–Kier alpha value is -1.16. The number of hydrogen-bond acceptors (Lipinski definition) is 4. The van der Waals surface area contributed by atoms with Crippen LogP contribution in [0.2, 0.25) is 0 Å². The molecule has 0 spiro atoms. The van der Waals surface area contributed by atoms with E-state index in [4.69, 9.17) is 0 Å². The van der Waals surface area contributed by atoms with Crippen molar-refractivity contribution in [3.05, 3.63) is 12.3 Å². The minimum atomic E-state index is -0.0851. The summed E-state index contributed by atoms with van der Waals surface area (Å²) in [6, 6.07) is 0. The van der Waals surface area contributed by atoms with Gasteiger partial charge in [0, 0.05) is 0 Å². The molecule has 0 aromatic carbocycles. The van der Waals surface area contributed by atoms with E-state index in [1.807, 2.05) is 20.3 Å². The van der Waals surface area contributed by atoms with E-state index in [0.717, 1.165) is 5.84 Å². The molecule has 0 fully saturated rings. The van der Waals surface area contributed by atoms with Crippen molar-refractivity contribution in [2.24, 2.45) is 15.4 Å². The van der Waals surface area contributed by atoms with E-state index in [1.54, 1.807) is 6.34 Å². The lowest BCUT2D eigenvalue weighted by atomic mass is 9.86. The molecule has 0 saturated heterocycles. The second-order valence-electron chi connectivity index (χ2n) is 3.84. The lowest BCUT2D eigenvalue weighted by Gasteiger charge is -2.35. The lowest BCUT2D eigenvalue weighted by Crippen LogP contribution is -2.48. The van der Waals surface area contributed by atoms with Crippen LogP contribution in [0, 0.1) is 5.41 Å². The molecule has 2 rings (SSSR count). The maximum Gasteiger partial charge on any atom is 0.121 e. The van der Waals surface area contributed by atoms with E-state index >= 15 is 0 Å². The zero-order chi connectivity index (χ0) is 9.47. The monoisotopic (exact) mass is 178 g/mol. The molecular formula is C9H14N4. The first-order valence-electron chi connectivity index (χ1n) is 4.35. The molecule has 0 amide bonds. The summed E-state index contributed by atoms with van der Waals surface area (Å²) in [6.07, 6.45) is 5.82. The largest absolute Gasteiger partial charge is 0.350 e. The standard InChI is InChI=1S/C9H14N4/c1-9-4-5-10-7(9)11-6-12-8(9)13(2)3/h4-6,8H,1-3H3,(H,10,11,12). The van der Waals surface area contributed by atoms with Crippen LogP contribution in [-0.4, -0.2) is 37.3 Å². The quantitative estimate of drug-likeness (QED) is 0.633. The SMILES string of the molecule is CN(C)C1N=CN=C2NC=CC21C. The molecule has 0 aromatic rings. The second-order valence-corrected chi connectivity index (χ2v) is 3.84. The molecule has 2 aliphatic rings. The van der Waals surface area contributed by atoms with Crippen molar-refractivity contribution >= 4 is 12.2 Å². The van der Waals surface area contributed by atoms with E-state index in [9.17, 15) is 0 Å². The van der Waals surface area contributed by atoms with E-state index in [2.05, 4.69) is 33.2 Å². The van der Waals surface area contributed by atoms with Crippen molar-refractivity contribution in [2.45, 2.75) is 13.1 Å². The predicted octanol–water partition coefficient (Wildman–Crippen LogP) is 0.438. The maximum atomic E-state index is 4.37. The zero-order valence-electron chi connectivity index (χ0n) is 8.15. The molecule has 2 heterocycles. The van der Waals surface area contributed by atoms with Gasteiger partial charge in [0.2, 0.25) is 0 Å². The Kier molecular flexibility index (Phi) is 1.73. The predicted molar refractivity (Wildman–Crippen MR) is 53.8 cm³/mol. The highest BCUT2D eigenvalue weighted by Gasteiger charge is 2.42. The Balaban J connectivity index is 2.38.